The van der Waals surface area contributed by atoms with E-state index in [1.54, 1.807) is 12.1 Å². The fourth-order valence-electron chi connectivity index (χ4n) is 2.99. The van der Waals surface area contributed by atoms with Crippen LogP contribution in [0.4, 0.5) is 9.52 Å². The van der Waals surface area contributed by atoms with Gasteiger partial charge < -0.3 is 5.32 Å². The van der Waals surface area contributed by atoms with E-state index < -0.39 is 0 Å². The summed E-state index contributed by atoms with van der Waals surface area (Å²) in [7, 11) is 0. The number of nitrogens with zero attached hydrogens (tertiary/aromatic N) is 2. The molecule has 2 heterocycles. The van der Waals surface area contributed by atoms with E-state index >= 15 is 0 Å². The van der Waals surface area contributed by atoms with Gasteiger partial charge in [-0.25, -0.2) is 4.39 Å². The number of carbonyl (C=O) groups is 1. The van der Waals surface area contributed by atoms with Crippen molar-refractivity contribution in [3.63, 3.8) is 0 Å². The SMILES string of the molecule is O=C(Nc1nnc(Cc2ccc(Cl)cc2F)s1)c1ccc2c(c1)CCNC2. The van der Waals surface area contributed by atoms with Gasteiger partial charge in [0.25, 0.3) is 5.91 Å². The molecule has 138 valence electrons. The van der Waals surface area contributed by atoms with Gasteiger partial charge in [0.15, 0.2) is 0 Å². The average Bonchev–Trinajstić information content (AvgIpc) is 3.10. The van der Waals surface area contributed by atoms with Crippen molar-refractivity contribution in [1.82, 2.24) is 15.5 Å². The van der Waals surface area contributed by atoms with Gasteiger partial charge in [-0.3, -0.25) is 10.1 Å². The Balaban J connectivity index is 1.45. The Labute approximate surface area is 164 Å². The molecule has 0 bridgehead atoms. The van der Waals surface area contributed by atoms with E-state index in [0.717, 1.165) is 19.5 Å². The van der Waals surface area contributed by atoms with E-state index in [1.165, 1.54) is 28.5 Å². The van der Waals surface area contributed by atoms with Crippen LogP contribution in [0.2, 0.25) is 5.02 Å². The van der Waals surface area contributed by atoms with E-state index in [1.807, 2.05) is 18.2 Å². The van der Waals surface area contributed by atoms with Crippen LogP contribution in [0.1, 0.15) is 32.1 Å². The van der Waals surface area contributed by atoms with Gasteiger partial charge in [-0.15, -0.1) is 10.2 Å². The summed E-state index contributed by atoms with van der Waals surface area (Å²) in [5.41, 5.74) is 3.49. The van der Waals surface area contributed by atoms with Gasteiger partial charge in [0, 0.05) is 23.6 Å². The second kappa shape index (κ2) is 7.72. The zero-order chi connectivity index (χ0) is 18.8. The summed E-state index contributed by atoms with van der Waals surface area (Å²) in [6.45, 7) is 1.75. The Morgan fingerprint density at radius 2 is 2.11 bits per heavy atom. The molecule has 0 spiro atoms. The highest BCUT2D eigenvalue weighted by Gasteiger charge is 2.15. The highest BCUT2D eigenvalue weighted by Crippen LogP contribution is 2.23. The number of carbonyl (C=O) groups excluding carboxylic acids is 1. The van der Waals surface area contributed by atoms with Crippen molar-refractivity contribution in [3.8, 4) is 0 Å². The maximum absolute atomic E-state index is 13.9. The average molecular weight is 403 g/mol. The fourth-order valence-corrected chi connectivity index (χ4v) is 3.91. The van der Waals surface area contributed by atoms with Gasteiger partial charge in [0.05, 0.1) is 0 Å². The zero-order valence-electron chi connectivity index (χ0n) is 14.3. The van der Waals surface area contributed by atoms with Crippen LogP contribution >= 0.6 is 22.9 Å². The monoisotopic (exact) mass is 402 g/mol. The van der Waals surface area contributed by atoms with Gasteiger partial charge in [-0.1, -0.05) is 35.1 Å². The normalized spacial score (nSPS) is 13.3. The topological polar surface area (TPSA) is 66.9 Å². The Morgan fingerprint density at radius 3 is 2.96 bits per heavy atom. The van der Waals surface area contributed by atoms with Crippen molar-refractivity contribution in [2.24, 2.45) is 0 Å². The minimum atomic E-state index is -0.383. The molecular weight excluding hydrogens is 387 g/mol. The van der Waals surface area contributed by atoms with Crippen LogP contribution in [0, 0.1) is 5.82 Å². The van der Waals surface area contributed by atoms with Gasteiger partial charge in [0.1, 0.15) is 10.8 Å². The third-order valence-electron chi connectivity index (χ3n) is 4.40. The van der Waals surface area contributed by atoms with Crippen LogP contribution in [0.25, 0.3) is 0 Å². The van der Waals surface area contributed by atoms with E-state index in [-0.39, 0.29) is 11.7 Å². The molecule has 4 rings (SSSR count). The predicted molar refractivity (Wildman–Crippen MR) is 104 cm³/mol. The molecule has 3 aromatic rings. The lowest BCUT2D eigenvalue weighted by Gasteiger charge is -2.17. The van der Waals surface area contributed by atoms with Crippen molar-refractivity contribution in [3.05, 3.63) is 74.5 Å². The second-order valence-corrected chi connectivity index (χ2v) is 7.78. The summed E-state index contributed by atoms with van der Waals surface area (Å²) in [6.07, 6.45) is 1.20. The first-order chi connectivity index (χ1) is 13.1. The standard InChI is InChI=1S/C19H16ClFN4OS/c20-15-4-3-12(16(21)9-15)8-17-24-25-19(27-17)23-18(26)13-1-2-14-10-22-6-5-11(14)7-13/h1-4,7,9,22H,5-6,8,10H2,(H,23,25,26). The third-order valence-corrected chi connectivity index (χ3v) is 5.47. The van der Waals surface area contributed by atoms with Crippen molar-refractivity contribution in [2.75, 3.05) is 11.9 Å². The molecule has 1 aromatic heterocycles. The molecule has 2 N–H and O–H groups in total. The van der Waals surface area contributed by atoms with Crippen molar-refractivity contribution >= 4 is 34.0 Å². The van der Waals surface area contributed by atoms with E-state index in [0.29, 0.717) is 32.7 Å². The number of hydrogen-bond acceptors (Lipinski definition) is 5. The summed E-state index contributed by atoms with van der Waals surface area (Å²) in [4.78, 5) is 12.5. The lowest BCUT2D eigenvalue weighted by molar-refractivity contribution is 0.102. The first kappa shape index (κ1) is 18.0. The second-order valence-electron chi connectivity index (χ2n) is 6.28. The third kappa shape index (κ3) is 4.16. The lowest BCUT2D eigenvalue weighted by Crippen LogP contribution is -2.24. The first-order valence-electron chi connectivity index (χ1n) is 8.48. The summed E-state index contributed by atoms with van der Waals surface area (Å²) < 4.78 is 13.9. The summed E-state index contributed by atoms with van der Waals surface area (Å²) in [6, 6.07) is 10.2. The largest absolute Gasteiger partial charge is 0.312 e. The Bertz CT molecular complexity index is 1010. The Kier molecular flexibility index (Phi) is 5.15. The van der Waals surface area contributed by atoms with Crippen LogP contribution in [0.15, 0.2) is 36.4 Å². The molecule has 8 heteroatoms. The molecule has 0 aliphatic carbocycles. The van der Waals surface area contributed by atoms with Crippen LogP contribution in [0.3, 0.4) is 0 Å². The predicted octanol–water partition coefficient (Wildman–Crippen LogP) is 3.82. The molecular formula is C19H16ClFN4OS. The summed E-state index contributed by atoms with van der Waals surface area (Å²) in [5, 5.41) is 15.5. The summed E-state index contributed by atoms with van der Waals surface area (Å²) in [5.74, 6) is -0.608. The van der Waals surface area contributed by atoms with E-state index in [4.69, 9.17) is 11.6 Å². The highest BCUT2D eigenvalue weighted by atomic mass is 35.5. The van der Waals surface area contributed by atoms with Crippen molar-refractivity contribution in [2.45, 2.75) is 19.4 Å². The molecule has 0 unspecified atom stereocenters. The minimum absolute atomic E-state index is 0.225. The number of rotatable bonds is 4. The lowest BCUT2D eigenvalue weighted by atomic mass is 9.98. The molecule has 1 aliphatic heterocycles. The maximum atomic E-state index is 13.9. The van der Waals surface area contributed by atoms with E-state index in [2.05, 4.69) is 20.8 Å². The molecule has 0 atom stereocenters. The zero-order valence-corrected chi connectivity index (χ0v) is 15.8. The molecule has 1 aliphatic rings. The van der Waals surface area contributed by atoms with Crippen LogP contribution in [-0.2, 0) is 19.4 Å². The number of amides is 1. The number of anilines is 1. The molecule has 5 nitrogen and oxygen atoms in total. The highest BCUT2D eigenvalue weighted by molar-refractivity contribution is 7.15. The quantitative estimate of drug-likeness (QED) is 0.696. The molecule has 0 saturated heterocycles. The van der Waals surface area contributed by atoms with Crippen molar-refractivity contribution in [1.29, 1.82) is 0 Å². The van der Waals surface area contributed by atoms with Gasteiger partial charge >= 0.3 is 0 Å². The number of halogens is 2. The first-order valence-corrected chi connectivity index (χ1v) is 9.68. The number of benzene rings is 2. The molecule has 1 amide bonds. The van der Waals surface area contributed by atoms with Crippen LogP contribution in [0.5, 0.6) is 0 Å². The molecule has 0 radical (unpaired) electrons. The Morgan fingerprint density at radius 1 is 1.22 bits per heavy atom. The number of hydrogen-bond donors (Lipinski definition) is 2. The van der Waals surface area contributed by atoms with E-state index in [9.17, 15) is 9.18 Å². The summed E-state index contributed by atoms with van der Waals surface area (Å²) >= 11 is 7.00. The maximum Gasteiger partial charge on any atom is 0.257 e. The fraction of sp³-hybridized carbons (Fsp3) is 0.211. The van der Waals surface area contributed by atoms with Crippen molar-refractivity contribution < 1.29 is 9.18 Å². The van der Waals surface area contributed by atoms with Gasteiger partial charge in [0.2, 0.25) is 5.13 Å². The smallest absolute Gasteiger partial charge is 0.257 e. The van der Waals surface area contributed by atoms with Gasteiger partial charge in [-0.2, -0.15) is 0 Å². The van der Waals surface area contributed by atoms with Gasteiger partial charge in [-0.05, 0) is 53.9 Å². The Hall–Kier alpha value is -2.35. The molecule has 2 aromatic carbocycles. The molecule has 0 saturated carbocycles. The molecule has 27 heavy (non-hydrogen) atoms. The minimum Gasteiger partial charge on any atom is -0.312 e. The number of aromatic nitrogens is 2. The number of fused-ring (bicyclic) bond motifs is 1. The van der Waals surface area contributed by atoms with Crippen LogP contribution < -0.4 is 10.6 Å². The molecule has 0 fully saturated rings. The van der Waals surface area contributed by atoms with Crippen LogP contribution in [-0.4, -0.2) is 22.6 Å². The number of nitrogens with one attached hydrogen (secondary N) is 2.